The average Bonchev–Trinajstić information content (AvgIpc) is 2.75. The summed E-state index contributed by atoms with van der Waals surface area (Å²) >= 11 is 0. The van der Waals surface area contributed by atoms with Crippen molar-refractivity contribution in [3.05, 3.63) is 73.8 Å². The van der Waals surface area contributed by atoms with Gasteiger partial charge < -0.3 is 18.9 Å². The number of nitro benzene ring substituents is 1. The van der Waals surface area contributed by atoms with Gasteiger partial charge in [-0.15, -0.1) is 0 Å². The van der Waals surface area contributed by atoms with E-state index in [0.29, 0.717) is 17.1 Å². The van der Waals surface area contributed by atoms with Crippen LogP contribution in [0.25, 0.3) is 0 Å². The molecule has 0 fully saturated rings. The summed E-state index contributed by atoms with van der Waals surface area (Å²) in [7, 11) is 2.81. The number of carbonyl (C=O) groups is 2. The standard InChI is InChI=1S/C18H16N2O10/c1-27-15-8-7-12(9-16(15)28-2)10-29-17(22)18(20(25)26,30-11-21)13-5-3-4-6-14(13)19(23)24/h3-9,11H,10H2,1-2H3. The molecule has 158 valence electrons. The minimum absolute atomic E-state index is 0.314. The predicted octanol–water partition coefficient (Wildman–Crippen LogP) is 1.96. The summed E-state index contributed by atoms with van der Waals surface area (Å²) in [5.41, 5.74) is -4.45. The van der Waals surface area contributed by atoms with Crippen LogP contribution in [0.4, 0.5) is 5.69 Å². The Balaban J connectivity index is 2.44. The Labute approximate surface area is 169 Å². The van der Waals surface area contributed by atoms with Gasteiger partial charge in [0.15, 0.2) is 17.1 Å². The van der Waals surface area contributed by atoms with Crippen molar-refractivity contribution in [2.75, 3.05) is 14.2 Å². The average molecular weight is 420 g/mol. The van der Waals surface area contributed by atoms with E-state index in [1.807, 2.05) is 0 Å². The van der Waals surface area contributed by atoms with Gasteiger partial charge in [0.05, 0.1) is 24.1 Å². The van der Waals surface area contributed by atoms with E-state index >= 15 is 0 Å². The molecule has 0 bridgehead atoms. The maximum absolute atomic E-state index is 12.7. The third-order valence-electron chi connectivity index (χ3n) is 4.04. The molecule has 0 aliphatic heterocycles. The summed E-state index contributed by atoms with van der Waals surface area (Å²) in [6, 6.07) is 8.82. The van der Waals surface area contributed by atoms with Crippen molar-refractivity contribution < 1.29 is 38.4 Å². The fraction of sp³-hybridized carbons (Fsp3) is 0.222. The van der Waals surface area contributed by atoms with Crippen molar-refractivity contribution in [2.45, 2.75) is 12.3 Å². The van der Waals surface area contributed by atoms with E-state index in [1.54, 1.807) is 0 Å². The number of methoxy groups -OCH3 is 2. The minimum atomic E-state index is -3.26. The lowest BCUT2D eigenvalue weighted by Gasteiger charge is -2.21. The molecule has 2 aromatic carbocycles. The third kappa shape index (κ3) is 4.11. The molecule has 0 saturated heterocycles. The zero-order chi connectivity index (χ0) is 22.3. The van der Waals surface area contributed by atoms with Gasteiger partial charge in [0.2, 0.25) is 0 Å². The molecule has 2 aromatic rings. The van der Waals surface area contributed by atoms with Gasteiger partial charge in [0.25, 0.3) is 12.2 Å². The second kappa shape index (κ2) is 9.32. The second-order valence-corrected chi connectivity index (χ2v) is 5.65. The number of esters is 1. The van der Waals surface area contributed by atoms with Crippen molar-refractivity contribution in [2.24, 2.45) is 0 Å². The first-order valence-corrected chi connectivity index (χ1v) is 8.19. The van der Waals surface area contributed by atoms with Crippen molar-refractivity contribution in [1.29, 1.82) is 0 Å². The maximum Gasteiger partial charge on any atom is 0.496 e. The molecule has 1 atom stereocenters. The lowest BCUT2D eigenvalue weighted by molar-refractivity contribution is -0.614. The minimum Gasteiger partial charge on any atom is -0.493 e. The van der Waals surface area contributed by atoms with E-state index in [-0.39, 0.29) is 6.47 Å². The van der Waals surface area contributed by atoms with Gasteiger partial charge >= 0.3 is 11.7 Å². The topological polar surface area (TPSA) is 157 Å². The van der Waals surface area contributed by atoms with E-state index in [4.69, 9.17) is 14.2 Å². The summed E-state index contributed by atoms with van der Waals surface area (Å²) in [6.45, 7) is -0.825. The zero-order valence-electron chi connectivity index (χ0n) is 15.8. The first-order chi connectivity index (χ1) is 14.3. The Morgan fingerprint density at radius 3 is 2.30 bits per heavy atom. The van der Waals surface area contributed by atoms with E-state index in [9.17, 15) is 29.8 Å². The Kier molecular flexibility index (Phi) is 6.86. The van der Waals surface area contributed by atoms with Crippen molar-refractivity contribution in [3.8, 4) is 11.5 Å². The molecule has 0 heterocycles. The molecular formula is C18H16N2O10. The van der Waals surface area contributed by atoms with Crippen LogP contribution in [0.15, 0.2) is 42.5 Å². The van der Waals surface area contributed by atoms with Crippen LogP contribution in [0.1, 0.15) is 11.1 Å². The Morgan fingerprint density at radius 2 is 1.73 bits per heavy atom. The highest BCUT2D eigenvalue weighted by atomic mass is 16.7. The number of para-hydroxylation sites is 1. The molecule has 1 unspecified atom stereocenters. The Hall–Kier alpha value is -4.22. The highest BCUT2D eigenvalue weighted by molar-refractivity contribution is 5.82. The summed E-state index contributed by atoms with van der Waals surface area (Å²) in [6.07, 6.45) is 0. The number of ether oxygens (including phenoxy) is 4. The Bertz CT molecular complexity index is 977. The number of nitro groups is 2. The highest BCUT2D eigenvalue weighted by Gasteiger charge is 2.61. The normalized spacial score (nSPS) is 12.2. The molecule has 0 saturated carbocycles. The van der Waals surface area contributed by atoms with Crippen molar-refractivity contribution in [3.63, 3.8) is 0 Å². The highest BCUT2D eigenvalue weighted by Crippen LogP contribution is 2.35. The molecule has 30 heavy (non-hydrogen) atoms. The van der Waals surface area contributed by atoms with E-state index in [0.717, 1.165) is 12.1 Å². The van der Waals surface area contributed by atoms with Crippen LogP contribution in [-0.4, -0.2) is 36.5 Å². The molecule has 12 heteroatoms. The molecule has 0 amide bonds. The number of nitrogens with zero attached hydrogens (tertiary/aromatic N) is 2. The fourth-order valence-corrected chi connectivity index (χ4v) is 2.64. The van der Waals surface area contributed by atoms with Gasteiger partial charge in [-0.1, -0.05) is 18.2 Å². The number of carbonyl (C=O) groups excluding carboxylic acids is 2. The molecule has 0 aliphatic carbocycles. The van der Waals surface area contributed by atoms with Crippen LogP contribution < -0.4 is 9.47 Å². The maximum atomic E-state index is 12.7. The van der Waals surface area contributed by atoms with Gasteiger partial charge in [-0.3, -0.25) is 25.0 Å². The van der Waals surface area contributed by atoms with E-state index < -0.39 is 39.4 Å². The molecule has 2 rings (SSSR count). The molecule has 0 radical (unpaired) electrons. The second-order valence-electron chi connectivity index (χ2n) is 5.65. The monoisotopic (exact) mass is 420 g/mol. The van der Waals surface area contributed by atoms with Crippen molar-refractivity contribution in [1.82, 2.24) is 0 Å². The van der Waals surface area contributed by atoms with Gasteiger partial charge in [-0.05, 0) is 23.8 Å². The number of benzene rings is 2. The Morgan fingerprint density at radius 1 is 1.07 bits per heavy atom. The van der Waals surface area contributed by atoms with E-state index in [2.05, 4.69) is 4.74 Å². The summed E-state index contributed by atoms with van der Waals surface area (Å²) in [4.78, 5) is 44.5. The van der Waals surface area contributed by atoms with Gasteiger partial charge in [0.1, 0.15) is 6.61 Å². The van der Waals surface area contributed by atoms with Gasteiger partial charge in [-0.2, -0.15) is 0 Å². The zero-order valence-corrected chi connectivity index (χ0v) is 15.8. The number of rotatable bonds is 10. The van der Waals surface area contributed by atoms with E-state index in [1.165, 1.54) is 44.6 Å². The number of hydrogen-bond acceptors (Lipinski definition) is 10. The first-order valence-electron chi connectivity index (χ1n) is 8.19. The van der Waals surface area contributed by atoms with Crippen LogP contribution >= 0.6 is 0 Å². The SMILES string of the molecule is COc1ccc(COC(=O)C(OC=O)(c2ccccc2[N+](=O)[O-])[N+](=O)[O-])cc1OC. The first kappa shape index (κ1) is 22.1. The quantitative estimate of drug-likeness (QED) is 0.183. The molecule has 0 spiro atoms. The third-order valence-corrected chi connectivity index (χ3v) is 4.04. The van der Waals surface area contributed by atoms with Crippen LogP contribution in [0.2, 0.25) is 0 Å². The summed E-state index contributed by atoms with van der Waals surface area (Å²) < 4.78 is 19.7. The largest absolute Gasteiger partial charge is 0.496 e. The van der Waals surface area contributed by atoms with Crippen LogP contribution in [0.3, 0.4) is 0 Å². The lowest BCUT2D eigenvalue weighted by Crippen LogP contribution is -2.47. The summed E-state index contributed by atoms with van der Waals surface area (Å²) in [5.74, 6) is -0.908. The van der Waals surface area contributed by atoms with Crippen molar-refractivity contribution >= 4 is 18.1 Å². The molecule has 12 nitrogen and oxygen atoms in total. The predicted molar refractivity (Wildman–Crippen MR) is 98.3 cm³/mol. The van der Waals surface area contributed by atoms with Gasteiger partial charge in [0, 0.05) is 6.07 Å². The van der Waals surface area contributed by atoms with Crippen LogP contribution in [0, 0.1) is 20.2 Å². The van der Waals surface area contributed by atoms with Crippen LogP contribution in [0.5, 0.6) is 11.5 Å². The summed E-state index contributed by atoms with van der Waals surface area (Å²) in [5, 5.41) is 23.1. The number of hydrogen-bond donors (Lipinski definition) is 0. The van der Waals surface area contributed by atoms with Crippen LogP contribution in [-0.2, 0) is 31.4 Å². The molecule has 0 N–H and O–H groups in total. The lowest BCUT2D eigenvalue weighted by atomic mass is 10.0. The molecule has 0 aliphatic rings. The fourth-order valence-electron chi connectivity index (χ4n) is 2.64. The molecular weight excluding hydrogens is 404 g/mol. The molecule has 0 aromatic heterocycles. The van der Waals surface area contributed by atoms with Gasteiger partial charge in [-0.25, -0.2) is 4.79 Å². The smallest absolute Gasteiger partial charge is 0.493 e.